The first kappa shape index (κ1) is 20.7. The fourth-order valence-electron chi connectivity index (χ4n) is 3.83. The quantitative estimate of drug-likeness (QED) is 0.814. The Morgan fingerprint density at radius 1 is 1.25 bits per heavy atom. The summed E-state index contributed by atoms with van der Waals surface area (Å²) in [5.74, 6) is -0.0249. The predicted octanol–water partition coefficient (Wildman–Crippen LogP) is 1.75. The second-order valence-corrected chi connectivity index (χ2v) is 8.72. The van der Waals surface area contributed by atoms with Gasteiger partial charge in [-0.05, 0) is 41.8 Å². The first-order valence-electron chi connectivity index (χ1n) is 9.02. The van der Waals surface area contributed by atoms with Crippen molar-refractivity contribution in [2.45, 2.75) is 24.3 Å². The third-order valence-electron chi connectivity index (χ3n) is 5.20. The standard InChI is InChI=1S/C19H22N4O3S.ClH/c1-14(24)22-9-6-15-11-17(4-5-18(15)22)27(25,26)23-10-8-21-13-19(23)16-3-2-7-20-12-16;/h2-5,7,11-12,19,21H,6,8-10,13H2,1H3;1H. The Balaban J connectivity index is 0.00000225. The molecular weight excluding hydrogens is 400 g/mol. The molecule has 0 aliphatic carbocycles. The van der Waals surface area contributed by atoms with Crippen LogP contribution in [0.2, 0.25) is 0 Å². The number of fused-ring (bicyclic) bond motifs is 1. The molecule has 150 valence electrons. The second-order valence-electron chi connectivity index (χ2n) is 6.83. The number of halogens is 1. The Kier molecular flexibility index (Phi) is 6.04. The van der Waals surface area contributed by atoms with Gasteiger partial charge in [0.15, 0.2) is 0 Å². The maximum absolute atomic E-state index is 13.4. The van der Waals surface area contributed by atoms with E-state index in [0.717, 1.165) is 16.8 Å². The number of rotatable bonds is 3. The molecule has 1 unspecified atom stereocenters. The Morgan fingerprint density at radius 2 is 2.07 bits per heavy atom. The number of hydrogen-bond acceptors (Lipinski definition) is 5. The van der Waals surface area contributed by atoms with Gasteiger partial charge in [0.25, 0.3) is 0 Å². The van der Waals surface area contributed by atoms with Gasteiger partial charge in [-0.15, -0.1) is 12.4 Å². The number of hydrogen-bond donors (Lipinski definition) is 1. The lowest BCUT2D eigenvalue weighted by Crippen LogP contribution is -2.48. The van der Waals surface area contributed by atoms with E-state index in [9.17, 15) is 13.2 Å². The third kappa shape index (κ3) is 3.65. The van der Waals surface area contributed by atoms with Crippen LogP contribution in [0.4, 0.5) is 5.69 Å². The van der Waals surface area contributed by atoms with Crippen LogP contribution in [-0.4, -0.2) is 49.8 Å². The molecule has 0 radical (unpaired) electrons. The third-order valence-corrected chi connectivity index (χ3v) is 7.10. The van der Waals surface area contributed by atoms with Crippen molar-refractivity contribution >= 4 is 34.0 Å². The van der Waals surface area contributed by atoms with Crippen LogP contribution >= 0.6 is 12.4 Å². The lowest BCUT2D eigenvalue weighted by molar-refractivity contribution is -0.116. The van der Waals surface area contributed by atoms with Crippen molar-refractivity contribution < 1.29 is 13.2 Å². The lowest BCUT2D eigenvalue weighted by Gasteiger charge is -2.35. The summed E-state index contributed by atoms with van der Waals surface area (Å²) in [5.41, 5.74) is 2.59. The highest BCUT2D eigenvalue weighted by Gasteiger charge is 2.35. The molecule has 4 rings (SSSR count). The van der Waals surface area contributed by atoms with Crippen molar-refractivity contribution in [2.75, 3.05) is 31.1 Å². The van der Waals surface area contributed by atoms with E-state index in [-0.39, 0.29) is 29.3 Å². The van der Waals surface area contributed by atoms with Crippen molar-refractivity contribution in [2.24, 2.45) is 0 Å². The first-order chi connectivity index (χ1) is 13.0. The second kappa shape index (κ2) is 8.16. The van der Waals surface area contributed by atoms with E-state index in [4.69, 9.17) is 0 Å². The molecule has 1 aromatic carbocycles. The van der Waals surface area contributed by atoms with E-state index in [2.05, 4.69) is 10.3 Å². The predicted molar refractivity (Wildman–Crippen MR) is 109 cm³/mol. The fraction of sp³-hybridized carbons (Fsp3) is 0.368. The molecule has 1 amide bonds. The van der Waals surface area contributed by atoms with E-state index < -0.39 is 10.0 Å². The highest BCUT2D eigenvalue weighted by Crippen LogP contribution is 2.33. The number of carbonyl (C=O) groups excluding carboxylic acids is 1. The molecule has 1 fully saturated rings. The summed E-state index contributed by atoms with van der Waals surface area (Å²) in [4.78, 5) is 17.8. The van der Waals surface area contributed by atoms with Gasteiger partial charge in [0.2, 0.25) is 15.9 Å². The molecule has 7 nitrogen and oxygen atoms in total. The summed E-state index contributed by atoms with van der Waals surface area (Å²) in [7, 11) is -3.66. The number of carbonyl (C=O) groups is 1. The average molecular weight is 423 g/mol. The summed E-state index contributed by atoms with van der Waals surface area (Å²) in [6, 6.07) is 8.51. The number of nitrogens with one attached hydrogen (secondary N) is 1. The number of nitrogens with zero attached hydrogens (tertiary/aromatic N) is 3. The Bertz CT molecular complexity index is 968. The zero-order valence-electron chi connectivity index (χ0n) is 15.5. The number of pyridine rings is 1. The van der Waals surface area contributed by atoms with Gasteiger partial charge in [-0.3, -0.25) is 9.78 Å². The van der Waals surface area contributed by atoms with Gasteiger partial charge in [-0.1, -0.05) is 6.07 Å². The molecule has 9 heteroatoms. The zero-order valence-corrected chi connectivity index (χ0v) is 17.2. The van der Waals surface area contributed by atoms with Crippen LogP contribution in [0, 0.1) is 0 Å². The minimum Gasteiger partial charge on any atom is -0.313 e. The number of sulfonamides is 1. The smallest absolute Gasteiger partial charge is 0.243 e. The monoisotopic (exact) mass is 422 g/mol. The van der Waals surface area contributed by atoms with E-state index in [0.29, 0.717) is 32.6 Å². The van der Waals surface area contributed by atoms with Crippen LogP contribution in [0.25, 0.3) is 0 Å². The first-order valence-corrected chi connectivity index (χ1v) is 10.5. The van der Waals surface area contributed by atoms with Gasteiger partial charge >= 0.3 is 0 Å². The number of benzene rings is 1. The minimum atomic E-state index is -3.66. The maximum Gasteiger partial charge on any atom is 0.243 e. The summed E-state index contributed by atoms with van der Waals surface area (Å²) >= 11 is 0. The number of aromatic nitrogens is 1. The van der Waals surface area contributed by atoms with E-state index in [1.165, 1.54) is 6.92 Å². The van der Waals surface area contributed by atoms with Gasteiger partial charge in [0, 0.05) is 51.2 Å². The molecule has 2 aliphatic heterocycles. The highest BCUT2D eigenvalue weighted by molar-refractivity contribution is 7.89. The molecule has 0 saturated carbocycles. The molecule has 1 N–H and O–H groups in total. The molecular formula is C19H23ClN4O3S. The topological polar surface area (TPSA) is 82.6 Å². The Hall–Kier alpha value is -2.00. The van der Waals surface area contributed by atoms with Crippen LogP contribution in [0.15, 0.2) is 47.6 Å². The zero-order chi connectivity index (χ0) is 19.0. The maximum atomic E-state index is 13.4. The van der Waals surface area contributed by atoms with Gasteiger partial charge in [0.1, 0.15) is 0 Å². The van der Waals surface area contributed by atoms with Gasteiger partial charge < -0.3 is 10.2 Å². The average Bonchev–Trinajstić information content (AvgIpc) is 3.12. The molecule has 3 heterocycles. The molecule has 0 spiro atoms. The Labute approximate surface area is 171 Å². The van der Waals surface area contributed by atoms with E-state index >= 15 is 0 Å². The van der Waals surface area contributed by atoms with Crippen molar-refractivity contribution in [1.29, 1.82) is 0 Å². The van der Waals surface area contributed by atoms with Crippen LogP contribution in [-0.2, 0) is 21.2 Å². The molecule has 1 saturated heterocycles. The normalized spacial score (nSPS) is 19.8. The Morgan fingerprint density at radius 3 is 2.79 bits per heavy atom. The van der Waals surface area contributed by atoms with Gasteiger partial charge in [-0.25, -0.2) is 8.42 Å². The summed E-state index contributed by atoms with van der Waals surface area (Å²) in [6.45, 7) is 3.69. The summed E-state index contributed by atoms with van der Waals surface area (Å²) in [5, 5.41) is 3.27. The van der Waals surface area contributed by atoms with Crippen molar-refractivity contribution in [3.8, 4) is 0 Å². The van der Waals surface area contributed by atoms with Crippen molar-refractivity contribution in [3.05, 3.63) is 53.9 Å². The van der Waals surface area contributed by atoms with Crippen LogP contribution < -0.4 is 10.2 Å². The summed E-state index contributed by atoms with van der Waals surface area (Å²) < 4.78 is 28.3. The van der Waals surface area contributed by atoms with Crippen LogP contribution in [0.3, 0.4) is 0 Å². The molecule has 1 aromatic heterocycles. The van der Waals surface area contributed by atoms with Gasteiger partial charge in [0.05, 0.1) is 10.9 Å². The number of anilines is 1. The fourth-order valence-corrected chi connectivity index (χ4v) is 5.50. The largest absolute Gasteiger partial charge is 0.313 e. The van der Waals surface area contributed by atoms with E-state index in [1.807, 2.05) is 12.1 Å². The number of amides is 1. The van der Waals surface area contributed by atoms with Crippen LogP contribution in [0.1, 0.15) is 24.1 Å². The molecule has 1 atom stereocenters. The molecule has 0 bridgehead atoms. The van der Waals surface area contributed by atoms with Gasteiger partial charge in [-0.2, -0.15) is 4.31 Å². The lowest BCUT2D eigenvalue weighted by atomic mass is 10.1. The molecule has 28 heavy (non-hydrogen) atoms. The number of piperazine rings is 1. The molecule has 2 aliphatic rings. The SMILES string of the molecule is CC(=O)N1CCc2cc(S(=O)(=O)N3CCNCC3c3cccnc3)ccc21.Cl. The minimum absolute atomic E-state index is 0. The molecule has 2 aromatic rings. The van der Waals surface area contributed by atoms with Crippen LogP contribution in [0.5, 0.6) is 0 Å². The van der Waals surface area contributed by atoms with Crippen molar-refractivity contribution in [3.63, 3.8) is 0 Å². The van der Waals surface area contributed by atoms with Crippen molar-refractivity contribution in [1.82, 2.24) is 14.6 Å². The highest BCUT2D eigenvalue weighted by atomic mass is 35.5. The summed E-state index contributed by atoms with van der Waals surface area (Å²) in [6.07, 6.45) is 4.07. The van der Waals surface area contributed by atoms with E-state index in [1.54, 1.807) is 39.8 Å².